The number of anilines is 1. The third-order valence-corrected chi connectivity index (χ3v) is 8.15. The Balaban J connectivity index is 1.50. The van der Waals surface area contributed by atoms with Crippen LogP contribution in [-0.2, 0) is 23.4 Å². The van der Waals surface area contributed by atoms with Crippen LogP contribution in [0, 0.1) is 5.92 Å². The number of imidazole rings is 1. The highest BCUT2D eigenvalue weighted by Crippen LogP contribution is 2.48. The molecule has 0 saturated carbocycles. The summed E-state index contributed by atoms with van der Waals surface area (Å²) in [5, 5.41) is 3.23. The number of nitrogens with two attached hydrogens (primary N) is 1. The van der Waals surface area contributed by atoms with Crippen molar-refractivity contribution in [2.75, 3.05) is 25.6 Å². The zero-order valence-electron chi connectivity index (χ0n) is 24.0. The molecule has 2 aromatic heterocycles. The van der Waals surface area contributed by atoms with E-state index in [4.69, 9.17) is 40.6 Å². The van der Waals surface area contributed by atoms with E-state index >= 15 is 4.39 Å². The maximum atomic E-state index is 15.9. The third kappa shape index (κ3) is 7.67. The summed E-state index contributed by atoms with van der Waals surface area (Å²) in [6.45, 7) is 8.18. The monoisotopic (exact) mass is 628 g/mol. The fraction of sp³-hybridized carbons (Fsp3) is 0.538. The van der Waals surface area contributed by atoms with Gasteiger partial charge < -0.3 is 24.5 Å². The van der Waals surface area contributed by atoms with Crippen molar-refractivity contribution in [3.05, 3.63) is 35.6 Å². The second-order valence-corrected chi connectivity index (χ2v) is 12.5. The van der Waals surface area contributed by atoms with Gasteiger partial charge in [0.15, 0.2) is 23.1 Å². The number of carbonyl (C=O) groups excluding carboxylic acids is 1. The van der Waals surface area contributed by atoms with Crippen LogP contribution in [0.15, 0.2) is 30.6 Å². The Kier molecular flexibility index (Phi) is 9.94. The molecule has 1 saturated heterocycles. The lowest BCUT2D eigenvalue weighted by atomic mass is 10.0. The van der Waals surface area contributed by atoms with Crippen LogP contribution in [-0.4, -0.2) is 63.1 Å². The Hall–Kier alpha value is -3.03. The zero-order chi connectivity index (χ0) is 30.7. The number of alkyl halides is 1. The van der Waals surface area contributed by atoms with Crippen LogP contribution < -0.4 is 20.1 Å². The molecular formula is C26H35ClFN6O7P. The third-order valence-electron chi connectivity index (χ3n) is 6.20. The van der Waals surface area contributed by atoms with Gasteiger partial charge in [-0.3, -0.25) is 13.9 Å². The summed E-state index contributed by atoms with van der Waals surface area (Å²) in [5.74, 6) is -0.399. The number of ether oxygens (including phenoxy) is 3. The van der Waals surface area contributed by atoms with E-state index in [1.54, 1.807) is 39.8 Å². The van der Waals surface area contributed by atoms with Crippen LogP contribution in [0.3, 0.4) is 0 Å². The van der Waals surface area contributed by atoms with Gasteiger partial charge in [-0.1, -0.05) is 25.4 Å². The maximum absolute atomic E-state index is 15.9. The van der Waals surface area contributed by atoms with Gasteiger partial charge in [-0.25, -0.2) is 19.0 Å². The minimum absolute atomic E-state index is 0.0642. The molecule has 4 rings (SSSR count). The lowest BCUT2D eigenvalue weighted by molar-refractivity contribution is -0.147. The first-order chi connectivity index (χ1) is 19.8. The minimum Gasteiger partial charge on any atom is -0.476 e. The zero-order valence-corrected chi connectivity index (χ0v) is 25.6. The number of rotatable bonds is 13. The molecule has 0 radical (unpaired) electrons. The van der Waals surface area contributed by atoms with E-state index in [2.05, 4.69) is 20.0 Å². The summed E-state index contributed by atoms with van der Waals surface area (Å²) in [7, 11) is -4.09. The van der Waals surface area contributed by atoms with Crippen molar-refractivity contribution in [3.63, 3.8) is 0 Å². The van der Waals surface area contributed by atoms with Gasteiger partial charge >= 0.3 is 13.7 Å². The molecule has 1 aliphatic rings. The number of fused-ring (bicyclic) bond motifs is 1. The Morgan fingerprint density at radius 3 is 2.69 bits per heavy atom. The van der Waals surface area contributed by atoms with Crippen LogP contribution >= 0.6 is 19.3 Å². The molecule has 3 heterocycles. The van der Waals surface area contributed by atoms with Crippen molar-refractivity contribution < 1.29 is 37.0 Å². The average Bonchev–Trinajstić information content (AvgIpc) is 3.46. The molecule has 0 amide bonds. The van der Waals surface area contributed by atoms with E-state index in [1.807, 2.05) is 0 Å². The summed E-state index contributed by atoms with van der Waals surface area (Å²) in [5.41, 5.74) is 4.51. The Morgan fingerprint density at radius 2 is 2.02 bits per heavy atom. The standard InChI is InChI=1S/C26H35ClFN6O7P/c1-6-37-22-20-21(31-25(29)32-22)34(14-30-20)24-26(5,28)11-19(40-24)13-39-42(36,41-18-9-7-17(27)8-10-18)33-16(4)12-38-23(35)15(2)3/h7-10,14-16,19,24H,6,11-13H2,1-5H3,(H,33,36)(H2,29,31,32)/t16-,19-,24+,26+,42?/m0/s1. The van der Waals surface area contributed by atoms with Crippen LogP contribution in [0.4, 0.5) is 10.3 Å². The number of benzene rings is 1. The second-order valence-electron chi connectivity index (χ2n) is 10.4. The summed E-state index contributed by atoms with van der Waals surface area (Å²) < 4.78 is 59.4. The number of nitrogens with zero attached hydrogens (tertiary/aromatic N) is 4. The van der Waals surface area contributed by atoms with Crippen molar-refractivity contribution in [1.82, 2.24) is 24.6 Å². The molecule has 1 unspecified atom stereocenters. The summed E-state index contributed by atoms with van der Waals surface area (Å²) >= 11 is 5.96. The van der Waals surface area contributed by atoms with Gasteiger partial charge in [0.25, 0.3) is 0 Å². The quantitative estimate of drug-likeness (QED) is 0.196. The first kappa shape index (κ1) is 31.9. The normalized spacial score (nSPS) is 22.7. The number of nitrogens with one attached hydrogen (secondary N) is 1. The van der Waals surface area contributed by atoms with Crippen molar-refractivity contribution in [1.29, 1.82) is 0 Å². The van der Waals surface area contributed by atoms with Crippen LogP contribution in [0.1, 0.15) is 47.3 Å². The van der Waals surface area contributed by atoms with Crippen molar-refractivity contribution in [3.8, 4) is 11.6 Å². The lowest BCUT2D eigenvalue weighted by Crippen LogP contribution is -2.33. The van der Waals surface area contributed by atoms with Crippen LogP contribution in [0.5, 0.6) is 11.6 Å². The van der Waals surface area contributed by atoms with Gasteiger partial charge in [-0.15, -0.1) is 0 Å². The van der Waals surface area contributed by atoms with Gasteiger partial charge in [0.05, 0.1) is 31.6 Å². The largest absolute Gasteiger partial charge is 0.476 e. The SMILES string of the molecule is CCOc1nc(N)nc2c1ncn2[C@@H]1O[C@H](COP(=O)(N[C@@H](C)COC(=O)C(C)C)Oc2ccc(Cl)cc2)C[C@@]1(C)F. The first-order valence-corrected chi connectivity index (χ1v) is 15.3. The van der Waals surface area contributed by atoms with Crippen LogP contribution in [0.2, 0.25) is 5.02 Å². The van der Waals surface area contributed by atoms with Gasteiger partial charge in [-0.05, 0) is 45.0 Å². The predicted octanol–water partition coefficient (Wildman–Crippen LogP) is 4.86. The summed E-state index contributed by atoms with van der Waals surface area (Å²) in [6, 6.07) is 5.57. The minimum atomic E-state index is -4.09. The molecular weight excluding hydrogens is 594 g/mol. The molecule has 3 N–H and O–H groups in total. The Bertz CT molecular complexity index is 1440. The number of hydrogen-bond donors (Lipinski definition) is 2. The maximum Gasteiger partial charge on any atom is 0.459 e. The van der Waals surface area contributed by atoms with Crippen LogP contribution in [0.25, 0.3) is 11.2 Å². The molecule has 1 aliphatic heterocycles. The molecule has 3 aromatic rings. The second kappa shape index (κ2) is 13.1. The average molecular weight is 629 g/mol. The topological polar surface area (TPSA) is 162 Å². The number of hydrogen-bond acceptors (Lipinski definition) is 11. The molecule has 13 nitrogen and oxygen atoms in total. The van der Waals surface area contributed by atoms with Crippen molar-refractivity contribution >= 4 is 42.4 Å². The highest BCUT2D eigenvalue weighted by atomic mass is 35.5. The van der Waals surface area contributed by atoms with Crippen molar-refractivity contribution in [2.45, 2.75) is 65.1 Å². The van der Waals surface area contributed by atoms with Gasteiger partial charge in [-0.2, -0.15) is 9.97 Å². The molecule has 230 valence electrons. The lowest BCUT2D eigenvalue weighted by Gasteiger charge is -2.25. The van der Waals surface area contributed by atoms with E-state index < -0.39 is 37.8 Å². The highest BCUT2D eigenvalue weighted by Gasteiger charge is 2.48. The van der Waals surface area contributed by atoms with Gasteiger partial charge in [0, 0.05) is 17.5 Å². The van der Waals surface area contributed by atoms with E-state index in [9.17, 15) is 9.36 Å². The highest BCUT2D eigenvalue weighted by molar-refractivity contribution is 7.52. The fourth-order valence-corrected chi connectivity index (χ4v) is 5.96. The molecule has 1 fully saturated rings. The van der Waals surface area contributed by atoms with E-state index in [1.165, 1.54) is 30.0 Å². The van der Waals surface area contributed by atoms with Gasteiger partial charge in [0.2, 0.25) is 11.8 Å². The molecule has 16 heteroatoms. The molecule has 42 heavy (non-hydrogen) atoms. The Labute approximate surface area is 247 Å². The number of aromatic nitrogens is 4. The number of carbonyl (C=O) groups is 1. The summed E-state index contributed by atoms with van der Waals surface area (Å²) in [6.07, 6.45) is -0.702. The number of halogens is 2. The first-order valence-electron chi connectivity index (χ1n) is 13.4. The molecule has 5 atom stereocenters. The smallest absolute Gasteiger partial charge is 0.459 e. The molecule has 1 aromatic carbocycles. The molecule has 0 aliphatic carbocycles. The molecule has 0 bridgehead atoms. The number of nitrogen functional groups attached to an aromatic ring is 1. The molecule has 0 spiro atoms. The Morgan fingerprint density at radius 1 is 1.31 bits per heavy atom. The summed E-state index contributed by atoms with van der Waals surface area (Å²) in [4.78, 5) is 24.5. The van der Waals surface area contributed by atoms with E-state index in [-0.39, 0.29) is 48.8 Å². The number of esters is 1. The predicted molar refractivity (Wildman–Crippen MR) is 153 cm³/mol. The van der Waals surface area contributed by atoms with E-state index in [0.717, 1.165) is 0 Å². The fourth-order valence-electron chi connectivity index (χ4n) is 4.27. The van der Waals surface area contributed by atoms with Gasteiger partial charge in [0.1, 0.15) is 12.4 Å². The van der Waals surface area contributed by atoms with Crippen molar-refractivity contribution in [2.24, 2.45) is 5.92 Å². The van der Waals surface area contributed by atoms with E-state index in [0.29, 0.717) is 17.1 Å².